The fourth-order valence-corrected chi connectivity index (χ4v) is 2.49. The van der Waals surface area contributed by atoms with Gasteiger partial charge in [-0.15, -0.1) is 0 Å². The number of hydrogen-bond acceptors (Lipinski definition) is 4. The Morgan fingerprint density at radius 1 is 1.12 bits per heavy atom. The van der Waals surface area contributed by atoms with Crippen LogP contribution >= 0.6 is 11.6 Å². The molecule has 0 bridgehead atoms. The van der Waals surface area contributed by atoms with Crippen molar-refractivity contribution in [1.82, 2.24) is 0 Å². The second-order valence-corrected chi connectivity index (χ2v) is 5.64. The summed E-state index contributed by atoms with van der Waals surface area (Å²) in [6.07, 6.45) is 0. The van der Waals surface area contributed by atoms with E-state index in [1.165, 1.54) is 6.07 Å². The molecule has 0 amide bonds. The van der Waals surface area contributed by atoms with Crippen molar-refractivity contribution in [3.05, 3.63) is 93.5 Å². The Hall–Kier alpha value is -3.05. The number of halogens is 1. The van der Waals surface area contributed by atoms with Crippen LogP contribution in [0.2, 0.25) is 5.02 Å². The van der Waals surface area contributed by atoms with Crippen LogP contribution in [0.5, 0.6) is 5.75 Å². The van der Waals surface area contributed by atoms with Crippen molar-refractivity contribution in [1.29, 1.82) is 0 Å². The van der Waals surface area contributed by atoms with Crippen LogP contribution in [0.15, 0.2) is 66.7 Å². The monoisotopic (exact) mass is 353 g/mol. The van der Waals surface area contributed by atoms with Gasteiger partial charge in [0.2, 0.25) is 0 Å². The minimum atomic E-state index is -0.461. The van der Waals surface area contributed by atoms with Gasteiger partial charge in [-0.1, -0.05) is 54.1 Å². The number of benzene rings is 3. The number of nitrogens with zero attached hydrogens (tertiary/aromatic N) is 1. The molecule has 0 saturated carbocycles. The van der Waals surface area contributed by atoms with Gasteiger partial charge >= 0.3 is 0 Å². The number of nitro benzene ring substituents is 1. The van der Waals surface area contributed by atoms with E-state index < -0.39 is 4.92 Å². The smallest absolute Gasteiger partial charge is 0.293 e. The Balaban J connectivity index is 1.73. The highest BCUT2D eigenvalue weighted by molar-refractivity contribution is 6.32. The fourth-order valence-electron chi connectivity index (χ4n) is 2.26. The van der Waals surface area contributed by atoms with Crippen molar-refractivity contribution in [3.63, 3.8) is 0 Å². The first-order chi connectivity index (χ1) is 12.1. The van der Waals surface area contributed by atoms with E-state index in [4.69, 9.17) is 16.3 Å². The Bertz CT molecular complexity index is 885. The highest BCUT2D eigenvalue weighted by Gasteiger charge is 2.13. The molecule has 3 aromatic rings. The van der Waals surface area contributed by atoms with Crippen molar-refractivity contribution < 1.29 is 9.66 Å². The number of nitro groups is 1. The van der Waals surface area contributed by atoms with Gasteiger partial charge in [0.05, 0.1) is 9.95 Å². The van der Waals surface area contributed by atoms with Crippen LogP contribution in [0.1, 0.15) is 5.56 Å². The van der Waals surface area contributed by atoms with E-state index in [9.17, 15) is 10.1 Å². The molecule has 0 spiro atoms. The van der Waals surface area contributed by atoms with Gasteiger partial charge in [-0.2, -0.15) is 0 Å². The normalized spacial score (nSPS) is 10.3. The molecule has 0 saturated heterocycles. The number of rotatable bonds is 6. The van der Waals surface area contributed by atoms with E-state index in [1.54, 1.807) is 30.3 Å². The maximum Gasteiger partial charge on any atom is 0.293 e. The van der Waals surface area contributed by atoms with E-state index in [0.29, 0.717) is 23.1 Å². The predicted molar refractivity (Wildman–Crippen MR) is 97.4 cm³/mol. The number of nitrogens with one attached hydrogen (secondary N) is 1. The lowest BCUT2D eigenvalue weighted by molar-refractivity contribution is -0.383. The Kier molecular flexibility index (Phi) is 5.16. The van der Waals surface area contributed by atoms with Crippen molar-refractivity contribution in [2.75, 3.05) is 5.32 Å². The second kappa shape index (κ2) is 7.68. The molecule has 5 nitrogen and oxygen atoms in total. The fraction of sp³-hybridized carbons (Fsp3) is 0.0526. The van der Waals surface area contributed by atoms with Gasteiger partial charge in [-0.25, -0.2) is 0 Å². The van der Waals surface area contributed by atoms with E-state index >= 15 is 0 Å². The van der Waals surface area contributed by atoms with Crippen LogP contribution < -0.4 is 10.1 Å². The number of para-hydroxylation sites is 1. The van der Waals surface area contributed by atoms with Crippen molar-refractivity contribution >= 4 is 28.7 Å². The van der Waals surface area contributed by atoms with E-state index in [2.05, 4.69) is 11.4 Å². The summed E-state index contributed by atoms with van der Waals surface area (Å²) in [5.74, 6) is 0.544. The summed E-state index contributed by atoms with van der Waals surface area (Å²) < 4.78 is 5.71. The summed E-state index contributed by atoms with van der Waals surface area (Å²) in [4.78, 5) is 10.6. The average molecular weight is 354 g/mol. The van der Waals surface area contributed by atoms with Gasteiger partial charge in [-0.05, 0) is 23.8 Å². The zero-order chi connectivity index (χ0) is 17.6. The molecule has 125 valence electrons. The first kappa shape index (κ1) is 16.8. The second-order valence-electron chi connectivity index (χ2n) is 5.23. The molecule has 0 aromatic heterocycles. The molecule has 0 aliphatic heterocycles. The molecule has 1 N–H and O–H groups in total. The highest BCUT2D eigenvalue weighted by Crippen LogP contribution is 2.32. The van der Waals surface area contributed by atoms with Crippen LogP contribution in [-0.2, 0) is 6.61 Å². The molecule has 0 atom stereocenters. The first-order valence-corrected chi connectivity index (χ1v) is 7.89. The van der Waals surface area contributed by atoms with E-state index in [-0.39, 0.29) is 11.4 Å². The van der Waals surface area contributed by atoms with Crippen LogP contribution in [0.3, 0.4) is 0 Å². The highest BCUT2D eigenvalue weighted by atomic mass is 35.5. The summed E-state index contributed by atoms with van der Waals surface area (Å²) in [6, 6.07) is 22.3. The average Bonchev–Trinajstić information content (AvgIpc) is 2.62. The van der Waals surface area contributed by atoms with Gasteiger partial charge in [0.15, 0.2) is 0 Å². The number of hydrogen-bond donors (Lipinski definition) is 1. The molecule has 0 unspecified atom stereocenters. The van der Waals surface area contributed by atoms with Gasteiger partial charge in [0.1, 0.15) is 18.0 Å². The third kappa shape index (κ3) is 4.28. The van der Waals surface area contributed by atoms with Gasteiger partial charge in [-0.3, -0.25) is 10.1 Å². The molecule has 0 aliphatic carbocycles. The molecule has 6 heteroatoms. The Labute approximate surface area is 150 Å². The molecule has 1 radical (unpaired) electrons. The van der Waals surface area contributed by atoms with E-state index in [0.717, 1.165) is 5.56 Å². The van der Waals surface area contributed by atoms with Crippen LogP contribution in [0.25, 0.3) is 0 Å². The molecular weight excluding hydrogens is 340 g/mol. The van der Waals surface area contributed by atoms with Gasteiger partial charge < -0.3 is 10.1 Å². The number of ether oxygens (including phenoxy) is 1. The third-order valence-electron chi connectivity index (χ3n) is 3.47. The summed E-state index contributed by atoms with van der Waals surface area (Å²) in [5, 5.41) is 14.4. The summed E-state index contributed by atoms with van der Waals surface area (Å²) in [5.41, 5.74) is 1.88. The topological polar surface area (TPSA) is 64.4 Å². The third-order valence-corrected chi connectivity index (χ3v) is 3.76. The summed E-state index contributed by atoms with van der Waals surface area (Å²) in [6.45, 7) is 0.408. The molecule has 3 rings (SSSR count). The molecule has 25 heavy (non-hydrogen) atoms. The van der Waals surface area contributed by atoms with Crippen LogP contribution in [0.4, 0.5) is 17.1 Å². The molecule has 3 aromatic carbocycles. The summed E-state index contributed by atoms with van der Waals surface area (Å²) >= 11 is 6.26. The minimum absolute atomic E-state index is 0.0528. The number of anilines is 2. The van der Waals surface area contributed by atoms with Crippen molar-refractivity contribution in [2.24, 2.45) is 0 Å². The Morgan fingerprint density at radius 2 is 1.92 bits per heavy atom. The minimum Gasteiger partial charge on any atom is -0.487 e. The molecule has 0 fully saturated rings. The van der Waals surface area contributed by atoms with Gasteiger partial charge in [0.25, 0.3) is 5.69 Å². The standard InChI is InChI=1S/C19H14ClN2O3/c20-16-12-15(21-17-8-4-5-9-18(17)22(23)24)10-11-19(16)25-13-14-6-2-1-3-7-14/h1-7,9-12,21H,13H2. The lowest BCUT2D eigenvalue weighted by Gasteiger charge is -2.11. The van der Waals surface area contributed by atoms with Crippen molar-refractivity contribution in [2.45, 2.75) is 6.61 Å². The predicted octanol–water partition coefficient (Wildman–Crippen LogP) is 5.37. The maximum absolute atomic E-state index is 11.1. The molecular formula is C19H14ClN2O3. The zero-order valence-corrected chi connectivity index (χ0v) is 13.9. The summed E-state index contributed by atoms with van der Waals surface area (Å²) in [7, 11) is 0. The Morgan fingerprint density at radius 3 is 2.64 bits per heavy atom. The zero-order valence-electron chi connectivity index (χ0n) is 13.1. The van der Waals surface area contributed by atoms with Crippen LogP contribution in [0, 0.1) is 16.2 Å². The first-order valence-electron chi connectivity index (χ1n) is 7.52. The van der Waals surface area contributed by atoms with Crippen LogP contribution in [-0.4, -0.2) is 4.92 Å². The lowest BCUT2D eigenvalue weighted by atomic mass is 10.2. The largest absolute Gasteiger partial charge is 0.487 e. The lowest BCUT2D eigenvalue weighted by Crippen LogP contribution is -1.98. The SMILES string of the molecule is O=[N+]([O-])c1ccc[c]c1Nc1ccc(OCc2ccccc2)c(Cl)c1. The molecule has 0 aliphatic rings. The maximum atomic E-state index is 11.1. The molecule has 0 heterocycles. The quantitative estimate of drug-likeness (QED) is 0.478. The van der Waals surface area contributed by atoms with Gasteiger partial charge in [0, 0.05) is 17.8 Å². The van der Waals surface area contributed by atoms with E-state index in [1.807, 2.05) is 30.3 Å². The van der Waals surface area contributed by atoms with Crippen molar-refractivity contribution in [3.8, 4) is 5.75 Å².